The van der Waals surface area contributed by atoms with Crippen LogP contribution in [0.1, 0.15) is 16.1 Å². The van der Waals surface area contributed by atoms with Gasteiger partial charge in [0.05, 0.1) is 0 Å². The molecule has 0 saturated carbocycles. The highest BCUT2D eigenvalue weighted by atomic mass is 19.1. The zero-order chi connectivity index (χ0) is 10.3. The number of aromatic nitrogens is 1. The molecule has 0 aliphatic rings. The molecule has 3 nitrogen and oxygen atoms in total. The van der Waals surface area contributed by atoms with E-state index >= 15 is 0 Å². The first-order valence-corrected chi connectivity index (χ1v) is 4.10. The van der Waals surface area contributed by atoms with Crippen molar-refractivity contribution in [3.8, 4) is 0 Å². The molecule has 0 aliphatic heterocycles. The molecule has 0 spiro atoms. The van der Waals surface area contributed by atoms with Crippen LogP contribution in [0.15, 0.2) is 18.2 Å². The molecule has 0 aliphatic carbocycles. The number of carbonyl (C=O) groups is 1. The molecule has 0 amide bonds. The van der Waals surface area contributed by atoms with Gasteiger partial charge in [-0.05, 0) is 24.6 Å². The Kier molecular flexibility index (Phi) is 1.77. The van der Waals surface area contributed by atoms with E-state index in [1.54, 1.807) is 18.2 Å². The summed E-state index contributed by atoms with van der Waals surface area (Å²) < 4.78 is 13.4. The summed E-state index contributed by atoms with van der Waals surface area (Å²) in [4.78, 5) is 13.1. The van der Waals surface area contributed by atoms with Crippen LogP contribution < -0.4 is 0 Å². The van der Waals surface area contributed by atoms with Gasteiger partial charge in [0.2, 0.25) is 0 Å². The molecule has 0 bridgehead atoms. The molecule has 14 heavy (non-hydrogen) atoms. The third-order valence-corrected chi connectivity index (χ3v) is 2.10. The number of nitrogens with one attached hydrogen (secondary N) is 1. The van der Waals surface area contributed by atoms with Crippen LogP contribution in [-0.4, -0.2) is 16.1 Å². The summed E-state index contributed by atoms with van der Waals surface area (Å²) in [6.07, 6.45) is 0. The Hall–Kier alpha value is -1.84. The maximum atomic E-state index is 13.4. The Bertz CT molecular complexity index is 516. The molecule has 0 unspecified atom stereocenters. The van der Waals surface area contributed by atoms with Crippen LogP contribution in [0.3, 0.4) is 0 Å². The van der Waals surface area contributed by atoms with Crippen LogP contribution in [0.2, 0.25) is 0 Å². The predicted molar refractivity (Wildman–Crippen MR) is 50.0 cm³/mol. The molecule has 1 aromatic heterocycles. The van der Waals surface area contributed by atoms with Crippen molar-refractivity contribution in [3.05, 3.63) is 35.3 Å². The molecule has 4 heteroatoms. The van der Waals surface area contributed by atoms with Crippen molar-refractivity contribution in [3.63, 3.8) is 0 Å². The fraction of sp³-hybridized carbons (Fsp3) is 0.100. The van der Waals surface area contributed by atoms with E-state index in [4.69, 9.17) is 5.11 Å². The average molecular weight is 193 g/mol. The number of carboxylic acid groups (broad SMARTS) is 1. The largest absolute Gasteiger partial charge is 0.476 e. The molecule has 0 saturated heterocycles. The highest BCUT2D eigenvalue weighted by Gasteiger charge is 2.16. The summed E-state index contributed by atoms with van der Waals surface area (Å²) in [5.74, 6) is -1.98. The van der Waals surface area contributed by atoms with Crippen molar-refractivity contribution in [1.29, 1.82) is 0 Å². The van der Waals surface area contributed by atoms with Crippen molar-refractivity contribution in [2.75, 3.05) is 0 Å². The number of aromatic carboxylic acids is 1. The zero-order valence-electron chi connectivity index (χ0n) is 7.47. The number of hydrogen-bond acceptors (Lipinski definition) is 1. The van der Waals surface area contributed by atoms with Gasteiger partial charge in [-0.15, -0.1) is 0 Å². The molecule has 1 aromatic carbocycles. The molecular weight excluding hydrogens is 185 g/mol. The van der Waals surface area contributed by atoms with E-state index in [0.717, 1.165) is 5.56 Å². The Morgan fingerprint density at radius 3 is 2.86 bits per heavy atom. The summed E-state index contributed by atoms with van der Waals surface area (Å²) in [7, 11) is 0. The normalized spacial score (nSPS) is 10.7. The Morgan fingerprint density at radius 1 is 1.50 bits per heavy atom. The van der Waals surface area contributed by atoms with Gasteiger partial charge in [-0.25, -0.2) is 9.18 Å². The lowest BCUT2D eigenvalue weighted by Gasteiger charge is -1.91. The van der Waals surface area contributed by atoms with Crippen molar-refractivity contribution in [2.24, 2.45) is 0 Å². The van der Waals surface area contributed by atoms with E-state index < -0.39 is 11.8 Å². The quantitative estimate of drug-likeness (QED) is 0.730. The van der Waals surface area contributed by atoms with Crippen LogP contribution in [0.25, 0.3) is 10.9 Å². The molecule has 0 fully saturated rings. The van der Waals surface area contributed by atoms with E-state index in [1.807, 2.05) is 6.92 Å². The third kappa shape index (κ3) is 1.16. The highest BCUT2D eigenvalue weighted by molar-refractivity contribution is 5.94. The Labute approximate surface area is 79.2 Å². The number of aromatic amines is 1. The number of H-pyrrole nitrogens is 1. The SMILES string of the molecule is Cc1ccc2c(F)c(C(=O)O)[nH]c2c1. The minimum absolute atomic E-state index is 0.313. The lowest BCUT2D eigenvalue weighted by atomic mass is 10.2. The lowest BCUT2D eigenvalue weighted by molar-refractivity contribution is 0.0686. The Morgan fingerprint density at radius 2 is 2.21 bits per heavy atom. The highest BCUT2D eigenvalue weighted by Crippen LogP contribution is 2.21. The number of halogens is 1. The van der Waals surface area contributed by atoms with Crippen LogP contribution in [0, 0.1) is 12.7 Å². The summed E-state index contributed by atoms with van der Waals surface area (Å²) in [6, 6.07) is 5.03. The third-order valence-electron chi connectivity index (χ3n) is 2.10. The van der Waals surface area contributed by atoms with Crippen LogP contribution in [0.4, 0.5) is 4.39 Å². The smallest absolute Gasteiger partial charge is 0.355 e. The molecular formula is C10H8FNO2. The number of hydrogen-bond donors (Lipinski definition) is 2. The molecule has 1 heterocycles. The molecule has 2 N–H and O–H groups in total. The summed E-state index contributed by atoms with van der Waals surface area (Å²) >= 11 is 0. The second kappa shape index (κ2) is 2.83. The van der Waals surface area contributed by atoms with E-state index in [0.29, 0.717) is 10.9 Å². The van der Waals surface area contributed by atoms with Gasteiger partial charge in [-0.1, -0.05) is 6.07 Å². The number of fused-ring (bicyclic) bond motifs is 1. The zero-order valence-corrected chi connectivity index (χ0v) is 7.47. The number of aryl methyl sites for hydroxylation is 1. The van der Waals surface area contributed by atoms with Crippen molar-refractivity contribution >= 4 is 16.9 Å². The van der Waals surface area contributed by atoms with Crippen molar-refractivity contribution in [2.45, 2.75) is 6.92 Å². The van der Waals surface area contributed by atoms with E-state index in [9.17, 15) is 9.18 Å². The maximum absolute atomic E-state index is 13.4. The van der Waals surface area contributed by atoms with Gasteiger partial charge in [0, 0.05) is 10.9 Å². The van der Waals surface area contributed by atoms with Gasteiger partial charge >= 0.3 is 5.97 Å². The van der Waals surface area contributed by atoms with Crippen LogP contribution >= 0.6 is 0 Å². The van der Waals surface area contributed by atoms with Crippen molar-refractivity contribution in [1.82, 2.24) is 4.98 Å². The minimum Gasteiger partial charge on any atom is -0.476 e. The van der Waals surface area contributed by atoms with E-state index in [2.05, 4.69) is 4.98 Å². The number of carboxylic acids is 1. The van der Waals surface area contributed by atoms with Crippen molar-refractivity contribution < 1.29 is 14.3 Å². The van der Waals surface area contributed by atoms with E-state index in [-0.39, 0.29) is 5.69 Å². The first-order valence-electron chi connectivity index (χ1n) is 4.10. The summed E-state index contributed by atoms with van der Waals surface area (Å²) in [5, 5.41) is 8.98. The first-order chi connectivity index (χ1) is 6.59. The summed E-state index contributed by atoms with van der Waals surface area (Å²) in [6.45, 7) is 1.86. The molecule has 72 valence electrons. The predicted octanol–water partition coefficient (Wildman–Crippen LogP) is 2.31. The first kappa shape index (κ1) is 8.74. The molecule has 2 rings (SSSR count). The van der Waals surface area contributed by atoms with Crippen LogP contribution in [0.5, 0.6) is 0 Å². The lowest BCUT2D eigenvalue weighted by Crippen LogP contribution is -1.98. The van der Waals surface area contributed by atoms with Crippen LogP contribution in [-0.2, 0) is 0 Å². The van der Waals surface area contributed by atoms with Gasteiger partial charge in [-0.3, -0.25) is 0 Å². The van der Waals surface area contributed by atoms with Gasteiger partial charge < -0.3 is 10.1 Å². The minimum atomic E-state index is -1.28. The fourth-order valence-electron chi connectivity index (χ4n) is 1.42. The summed E-state index contributed by atoms with van der Waals surface area (Å²) in [5.41, 5.74) is 1.08. The second-order valence-corrected chi connectivity index (χ2v) is 3.17. The average Bonchev–Trinajstić information content (AvgIpc) is 2.43. The van der Waals surface area contributed by atoms with E-state index in [1.165, 1.54) is 0 Å². The van der Waals surface area contributed by atoms with Gasteiger partial charge in [-0.2, -0.15) is 0 Å². The maximum Gasteiger partial charge on any atom is 0.355 e. The fourth-order valence-corrected chi connectivity index (χ4v) is 1.42. The standard InChI is InChI=1S/C10H8FNO2/c1-5-2-3-6-7(4-5)12-9(8(6)11)10(13)14/h2-4,12H,1H3,(H,13,14). The van der Waals surface area contributed by atoms with Gasteiger partial charge in [0.1, 0.15) is 0 Å². The molecule has 0 atom stereocenters. The number of rotatable bonds is 1. The second-order valence-electron chi connectivity index (χ2n) is 3.17. The van der Waals surface area contributed by atoms with Gasteiger partial charge in [0.15, 0.2) is 11.5 Å². The monoisotopic (exact) mass is 193 g/mol. The topological polar surface area (TPSA) is 53.1 Å². The molecule has 0 radical (unpaired) electrons. The molecule has 2 aromatic rings. The number of benzene rings is 1. The van der Waals surface area contributed by atoms with Gasteiger partial charge in [0.25, 0.3) is 0 Å². The Balaban J connectivity index is 2.79.